The summed E-state index contributed by atoms with van der Waals surface area (Å²) in [5.41, 5.74) is 2.33. The number of aromatic nitrogens is 5. The third kappa shape index (κ3) is 2.36. The van der Waals surface area contributed by atoms with E-state index in [0.29, 0.717) is 16.3 Å². The van der Waals surface area contributed by atoms with Gasteiger partial charge in [0.1, 0.15) is 11.5 Å². The summed E-state index contributed by atoms with van der Waals surface area (Å²) in [7, 11) is 0. The predicted molar refractivity (Wildman–Crippen MR) is 94.8 cm³/mol. The molecule has 5 aromatic rings. The molecule has 0 aliphatic carbocycles. The molecule has 5 rings (SSSR count). The Kier molecular flexibility index (Phi) is 3.07. The van der Waals surface area contributed by atoms with Crippen LogP contribution in [-0.2, 0) is 0 Å². The minimum absolute atomic E-state index is 0.319. The first-order valence-corrected chi connectivity index (χ1v) is 8.44. The summed E-state index contributed by atoms with van der Waals surface area (Å²) in [6.45, 7) is 0. The monoisotopic (exact) mass is 347 g/mol. The number of benzene rings is 2. The number of rotatable bonds is 2. The number of fused-ring (bicyclic) bond motifs is 2. The van der Waals surface area contributed by atoms with E-state index in [9.17, 15) is 4.39 Å². The van der Waals surface area contributed by atoms with Crippen LogP contribution < -0.4 is 0 Å². The van der Waals surface area contributed by atoms with Gasteiger partial charge in [-0.25, -0.2) is 9.37 Å². The van der Waals surface area contributed by atoms with Crippen molar-refractivity contribution < 1.29 is 4.39 Å². The van der Waals surface area contributed by atoms with Crippen molar-refractivity contribution in [3.05, 3.63) is 66.5 Å². The Labute approximate surface area is 145 Å². The Balaban J connectivity index is 1.65. The first kappa shape index (κ1) is 14.2. The molecule has 0 saturated carbocycles. The molecule has 0 aliphatic heterocycles. The van der Waals surface area contributed by atoms with Crippen molar-refractivity contribution in [1.29, 1.82) is 0 Å². The third-order valence-corrected chi connectivity index (χ3v) is 4.81. The molecule has 0 atom stereocenters. The largest absolute Gasteiger partial charge is 0.245 e. The van der Waals surface area contributed by atoms with Gasteiger partial charge < -0.3 is 0 Å². The van der Waals surface area contributed by atoms with E-state index in [2.05, 4.69) is 20.3 Å². The second kappa shape index (κ2) is 5.42. The molecule has 0 spiro atoms. The molecule has 0 fully saturated rings. The molecular formula is C18H10FN5S. The van der Waals surface area contributed by atoms with Crippen molar-refractivity contribution in [1.82, 2.24) is 24.8 Å². The van der Waals surface area contributed by atoms with E-state index >= 15 is 0 Å². The zero-order valence-corrected chi connectivity index (χ0v) is 13.6. The fourth-order valence-corrected chi connectivity index (χ4v) is 3.52. The molecule has 0 unspecified atom stereocenters. The highest BCUT2D eigenvalue weighted by Gasteiger charge is 2.15. The number of para-hydroxylation sites is 1. The molecule has 0 saturated heterocycles. The SMILES string of the molecule is Fc1cccc(-c2nnc3sc(-c4ccc5ccccc5n4)nn23)c1. The van der Waals surface area contributed by atoms with Crippen molar-refractivity contribution in [3.63, 3.8) is 0 Å². The molecule has 0 amide bonds. The molecule has 5 nitrogen and oxygen atoms in total. The van der Waals surface area contributed by atoms with Crippen molar-refractivity contribution in [2.24, 2.45) is 0 Å². The van der Waals surface area contributed by atoms with Gasteiger partial charge in [-0.3, -0.25) is 0 Å². The highest BCUT2D eigenvalue weighted by Crippen LogP contribution is 2.28. The molecule has 120 valence electrons. The molecule has 3 heterocycles. The van der Waals surface area contributed by atoms with Gasteiger partial charge in [0.15, 0.2) is 10.8 Å². The van der Waals surface area contributed by atoms with E-state index in [0.717, 1.165) is 21.6 Å². The normalized spacial score (nSPS) is 11.4. The summed E-state index contributed by atoms with van der Waals surface area (Å²) >= 11 is 1.40. The summed E-state index contributed by atoms with van der Waals surface area (Å²) in [6, 6.07) is 18.1. The maximum Gasteiger partial charge on any atom is 0.235 e. The van der Waals surface area contributed by atoms with Gasteiger partial charge in [0.25, 0.3) is 0 Å². The van der Waals surface area contributed by atoms with Crippen LogP contribution in [0.3, 0.4) is 0 Å². The average Bonchev–Trinajstić information content (AvgIpc) is 3.22. The van der Waals surface area contributed by atoms with E-state index < -0.39 is 0 Å². The van der Waals surface area contributed by atoms with Crippen LogP contribution >= 0.6 is 11.3 Å². The first-order valence-electron chi connectivity index (χ1n) is 7.62. The second-order valence-electron chi connectivity index (χ2n) is 5.52. The van der Waals surface area contributed by atoms with Crippen molar-refractivity contribution in [3.8, 4) is 22.1 Å². The Bertz CT molecular complexity index is 1230. The van der Waals surface area contributed by atoms with Gasteiger partial charge in [0, 0.05) is 10.9 Å². The van der Waals surface area contributed by atoms with Crippen LogP contribution in [0.5, 0.6) is 0 Å². The maximum absolute atomic E-state index is 13.5. The number of hydrogen-bond acceptors (Lipinski definition) is 5. The number of nitrogens with zero attached hydrogens (tertiary/aromatic N) is 5. The minimum Gasteiger partial charge on any atom is -0.245 e. The summed E-state index contributed by atoms with van der Waals surface area (Å²) < 4.78 is 15.1. The molecule has 7 heteroatoms. The number of pyridine rings is 1. The predicted octanol–water partition coefficient (Wildman–Crippen LogP) is 4.21. The lowest BCUT2D eigenvalue weighted by Gasteiger charge is -1.99. The molecule has 0 radical (unpaired) electrons. The molecule has 25 heavy (non-hydrogen) atoms. The van der Waals surface area contributed by atoms with Gasteiger partial charge >= 0.3 is 0 Å². The lowest BCUT2D eigenvalue weighted by atomic mass is 10.2. The summed E-state index contributed by atoms with van der Waals surface area (Å²) in [6.07, 6.45) is 0. The van der Waals surface area contributed by atoms with Crippen LogP contribution in [0.1, 0.15) is 0 Å². The molecular weight excluding hydrogens is 337 g/mol. The summed E-state index contributed by atoms with van der Waals surface area (Å²) in [5.74, 6) is 0.193. The van der Waals surface area contributed by atoms with E-state index in [1.165, 1.54) is 23.5 Å². The molecule has 2 aromatic carbocycles. The van der Waals surface area contributed by atoms with E-state index in [-0.39, 0.29) is 5.82 Å². The molecule has 0 aliphatic rings. The van der Waals surface area contributed by atoms with Crippen LogP contribution in [-0.4, -0.2) is 24.8 Å². The molecule has 0 N–H and O–H groups in total. The van der Waals surface area contributed by atoms with E-state index in [4.69, 9.17) is 0 Å². The third-order valence-electron chi connectivity index (χ3n) is 3.89. The Hall–Kier alpha value is -3.19. The van der Waals surface area contributed by atoms with Crippen LogP contribution in [0.25, 0.3) is 38.0 Å². The van der Waals surface area contributed by atoms with Crippen molar-refractivity contribution in [2.45, 2.75) is 0 Å². The fraction of sp³-hybridized carbons (Fsp3) is 0. The van der Waals surface area contributed by atoms with Gasteiger partial charge in [-0.05, 0) is 24.3 Å². The van der Waals surface area contributed by atoms with Crippen LogP contribution in [0.15, 0.2) is 60.7 Å². The van der Waals surface area contributed by atoms with Gasteiger partial charge in [0.05, 0.1) is 5.52 Å². The zero-order valence-electron chi connectivity index (χ0n) is 12.8. The Morgan fingerprint density at radius 3 is 2.76 bits per heavy atom. The Morgan fingerprint density at radius 1 is 0.920 bits per heavy atom. The van der Waals surface area contributed by atoms with Crippen LogP contribution in [0.2, 0.25) is 0 Å². The van der Waals surface area contributed by atoms with Gasteiger partial charge in [0.2, 0.25) is 4.96 Å². The van der Waals surface area contributed by atoms with E-state index in [1.807, 2.05) is 36.4 Å². The van der Waals surface area contributed by atoms with E-state index in [1.54, 1.807) is 16.6 Å². The topological polar surface area (TPSA) is 56.0 Å². The number of halogens is 1. The standard InChI is InChI=1S/C18H10FN5S/c19-13-6-3-5-12(10-13)16-21-22-18-24(16)23-17(25-18)15-9-8-11-4-1-2-7-14(11)20-15/h1-10H. The summed E-state index contributed by atoms with van der Waals surface area (Å²) in [4.78, 5) is 5.31. The summed E-state index contributed by atoms with van der Waals surface area (Å²) in [5, 5.41) is 14.7. The highest BCUT2D eigenvalue weighted by molar-refractivity contribution is 7.19. The minimum atomic E-state index is -0.319. The smallest absolute Gasteiger partial charge is 0.235 e. The van der Waals surface area contributed by atoms with Crippen molar-refractivity contribution in [2.75, 3.05) is 0 Å². The van der Waals surface area contributed by atoms with Gasteiger partial charge in [-0.1, -0.05) is 47.7 Å². The second-order valence-corrected chi connectivity index (χ2v) is 6.48. The zero-order chi connectivity index (χ0) is 16.8. The lowest BCUT2D eigenvalue weighted by molar-refractivity contribution is 0.628. The lowest BCUT2D eigenvalue weighted by Crippen LogP contribution is -1.92. The fourth-order valence-electron chi connectivity index (χ4n) is 2.71. The number of hydrogen-bond donors (Lipinski definition) is 0. The average molecular weight is 347 g/mol. The highest BCUT2D eigenvalue weighted by atomic mass is 32.1. The molecule has 3 aromatic heterocycles. The molecule has 0 bridgehead atoms. The first-order chi connectivity index (χ1) is 12.3. The van der Waals surface area contributed by atoms with Crippen LogP contribution in [0, 0.1) is 5.82 Å². The maximum atomic E-state index is 13.5. The van der Waals surface area contributed by atoms with Gasteiger partial charge in [-0.15, -0.1) is 10.2 Å². The van der Waals surface area contributed by atoms with Crippen molar-refractivity contribution >= 4 is 27.2 Å². The van der Waals surface area contributed by atoms with Crippen LogP contribution in [0.4, 0.5) is 4.39 Å². The Morgan fingerprint density at radius 2 is 1.84 bits per heavy atom. The quantitative estimate of drug-likeness (QED) is 0.480. The van der Waals surface area contributed by atoms with Gasteiger partial charge in [-0.2, -0.15) is 9.61 Å².